The van der Waals surface area contributed by atoms with Gasteiger partial charge in [-0.05, 0) is 51.4 Å². The number of quaternary nitrogens is 1. The molecular weight excluding hydrogens is 671 g/mol. The van der Waals surface area contributed by atoms with Crippen LogP contribution in [0.2, 0.25) is 0 Å². The van der Waals surface area contributed by atoms with E-state index < -0.39 is 20.0 Å². The van der Waals surface area contributed by atoms with E-state index in [1.165, 1.54) is 103 Å². The maximum absolute atomic E-state index is 12.8. The summed E-state index contributed by atoms with van der Waals surface area (Å²) in [5.74, 6) is -0.208. The zero-order valence-corrected chi connectivity index (χ0v) is 35.4. The van der Waals surface area contributed by atoms with Gasteiger partial charge in [0.1, 0.15) is 13.2 Å². The first-order valence-corrected chi connectivity index (χ1v) is 22.8. The fourth-order valence-electron chi connectivity index (χ4n) is 5.89. The summed E-state index contributed by atoms with van der Waals surface area (Å²) in [7, 11) is 1.25. The van der Waals surface area contributed by atoms with Crippen molar-refractivity contribution in [1.82, 2.24) is 5.32 Å². The lowest BCUT2D eigenvalue weighted by atomic mass is 10.0. The third-order valence-electron chi connectivity index (χ3n) is 9.34. The Balaban J connectivity index is 4.46. The number of aliphatic hydroxyl groups excluding tert-OH is 1. The second-order valence-corrected chi connectivity index (χ2v) is 17.1. The van der Waals surface area contributed by atoms with E-state index in [4.69, 9.17) is 9.05 Å². The number of hydrogen-bond donors (Lipinski definition) is 2. The van der Waals surface area contributed by atoms with Gasteiger partial charge in [-0.2, -0.15) is 0 Å². The zero-order chi connectivity index (χ0) is 38.6. The average Bonchev–Trinajstić information content (AvgIpc) is 3.09. The van der Waals surface area contributed by atoms with Gasteiger partial charge in [-0.3, -0.25) is 9.36 Å². The molecule has 9 heteroatoms. The second-order valence-electron chi connectivity index (χ2n) is 15.7. The summed E-state index contributed by atoms with van der Waals surface area (Å²) < 4.78 is 23.1. The molecule has 0 aromatic carbocycles. The van der Waals surface area contributed by atoms with Gasteiger partial charge < -0.3 is 28.8 Å². The first-order valence-electron chi connectivity index (χ1n) is 21.4. The predicted octanol–water partition coefficient (Wildman–Crippen LogP) is 10.9. The molecule has 0 saturated heterocycles. The Morgan fingerprint density at radius 3 is 1.63 bits per heavy atom. The van der Waals surface area contributed by atoms with Crippen molar-refractivity contribution >= 4 is 13.7 Å². The molecule has 0 rings (SSSR count). The molecule has 1 unspecified atom stereocenters. The first-order chi connectivity index (χ1) is 25.0. The van der Waals surface area contributed by atoms with Crippen LogP contribution in [0, 0.1) is 0 Å². The normalized spacial score (nSPS) is 14.8. The minimum absolute atomic E-state index is 0.00308. The van der Waals surface area contributed by atoms with Crippen LogP contribution in [-0.2, 0) is 18.4 Å². The fourth-order valence-corrected chi connectivity index (χ4v) is 6.61. The van der Waals surface area contributed by atoms with Crippen LogP contribution in [-0.4, -0.2) is 68.5 Å². The highest BCUT2D eigenvalue weighted by molar-refractivity contribution is 7.45. The Morgan fingerprint density at radius 2 is 1.12 bits per heavy atom. The van der Waals surface area contributed by atoms with E-state index in [0.29, 0.717) is 17.4 Å². The highest BCUT2D eigenvalue weighted by Crippen LogP contribution is 2.38. The summed E-state index contributed by atoms with van der Waals surface area (Å²) in [6.07, 6.45) is 41.8. The molecule has 0 radical (unpaired) electrons. The van der Waals surface area contributed by atoms with Crippen LogP contribution in [0.5, 0.6) is 0 Å². The lowest BCUT2D eigenvalue weighted by Gasteiger charge is -2.29. The summed E-state index contributed by atoms with van der Waals surface area (Å²) in [6.45, 7) is 4.60. The standard InChI is InChI=1S/C43H83N2O6P/c1-6-8-10-12-14-16-18-20-21-22-23-25-27-29-31-33-35-37-43(47)44-41(40-51-52(48,49)50-39-38-45(3,4)5)42(46)36-34-32-30-28-26-24-19-17-15-13-11-9-7-2/h14,16,20-21,34,36,41-42,46H,6-13,15,17-19,22-33,35,37-40H2,1-5H3,(H-,44,47,48,49)/b16-14-,21-20-,36-34+/t41-,42+/m0/s1. The number of likely N-dealkylation sites (N-methyl/N-ethyl adjacent to an activating group) is 1. The van der Waals surface area contributed by atoms with Crippen molar-refractivity contribution < 1.29 is 32.9 Å². The van der Waals surface area contributed by atoms with Crippen molar-refractivity contribution in [2.24, 2.45) is 0 Å². The molecular formula is C43H83N2O6P. The smallest absolute Gasteiger partial charge is 0.268 e. The van der Waals surface area contributed by atoms with Gasteiger partial charge in [0, 0.05) is 6.42 Å². The Labute approximate surface area is 321 Å². The molecule has 0 aliphatic heterocycles. The molecule has 0 bridgehead atoms. The maximum atomic E-state index is 12.8. The average molecular weight is 755 g/mol. The topological polar surface area (TPSA) is 108 Å². The number of rotatable bonds is 38. The second kappa shape index (κ2) is 35.4. The van der Waals surface area contributed by atoms with E-state index >= 15 is 0 Å². The maximum Gasteiger partial charge on any atom is 0.268 e. The Hall–Kier alpha value is -1.28. The fraction of sp³-hybridized carbons (Fsp3) is 0.837. The number of nitrogens with zero attached hydrogens (tertiary/aromatic N) is 1. The highest BCUT2D eigenvalue weighted by atomic mass is 31.2. The summed E-state index contributed by atoms with van der Waals surface area (Å²) in [5.41, 5.74) is 0. The summed E-state index contributed by atoms with van der Waals surface area (Å²) in [6, 6.07) is -0.888. The van der Waals surface area contributed by atoms with Gasteiger partial charge in [-0.15, -0.1) is 0 Å². The third-order valence-corrected chi connectivity index (χ3v) is 10.3. The minimum Gasteiger partial charge on any atom is -0.756 e. The van der Waals surface area contributed by atoms with Crippen LogP contribution < -0.4 is 10.2 Å². The summed E-state index contributed by atoms with van der Waals surface area (Å²) in [4.78, 5) is 25.2. The van der Waals surface area contributed by atoms with E-state index in [1.54, 1.807) is 6.08 Å². The number of allylic oxidation sites excluding steroid dienone is 5. The zero-order valence-electron chi connectivity index (χ0n) is 34.5. The molecule has 0 heterocycles. The monoisotopic (exact) mass is 755 g/mol. The highest BCUT2D eigenvalue weighted by Gasteiger charge is 2.23. The molecule has 0 aromatic heterocycles. The summed E-state index contributed by atoms with van der Waals surface area (Å²) in [5, 5.41) is 13.7. The van der Waals surface area contributed by atoms with E-state index in [1.807, 2.05) is 27.2 Å². The number of aliphatic hydroxyl groups is 1. The number of carbonyl (C=O) groups is 1. The molecule has 0 spiro atoms. The number of hydrogen-bond acceptors (Lipinski definition) is 6. The van der Waals surface area contributed by atoms with E-state index in [-0.39, 0.29) is 19.1 Å². The van der Waals surface area contributed by atoms with Crippen LogP contribution >= 0.6 is 7.82 Å². The lowest BCUT2D eigenvalue weighted by Crippen LogP contribution is -2.45. The SMILES string of the molecule is CCCCC/C=C\C/C=C\CCCCCCCCCC(=O)N[C@@H](COP(=O)([O-])OCC[N+](C)(C)C)[C@H](O)/C=C/CCCCCCCCCCCCC. The molecule has 52 heavy (non-hydrogen) atoms. The number of carbonyl (C=O) groups excluding carboxylic acids is 1. The third kappa shape index (κ3) is 37.1. The van der Waals surface area contributed by atoms with Crippen molar-refractivity contribution in [1.29, 1.82) is 0 Å². The van der Waals surface area contributed by atoms with Gasteiger partial charge in [0.05, 0.1) is 39.9 Å². The molecule has 0 aliphatic carbocycles. The van der Waals surface area contributed by atoms with E-state index in [0.717, 1.165) is 57.8 Å². The number of phosphoric acid groups is 1. The van der Waals surface area contributed by atoms with Gasteiger partial charge in [0.15, 0.2) is 0 Å². The van der Waals surface area contributed by atoms with Crippen molar-refractivity contribution in [2.45, 2.75) is 193 Å². The molecule has 0 aromatic rings. The molecule has 2 N–H and O–H groups in total. The van der Waals surface area contributed by atoms with Crippen LogP contribution in [0.15, 0.2) is 36.5 Å². The van der Waals surface area contributed by atoms with Gasteiger partial charge in [-0.25, -0.2) is 0 Å². The van der Waals surface area contributed by atoms with Crippen LogP contribution in [0.4, 0.5) is 0 Å². The molecule has 0 saturated carbocycles. The number of unbranched alkanes of at least 4 members (excludes halogenated alkanes) is 21. The quantitative estimate of drug-likeness (QED) is 0.0281. The minimum atomic E-state index is -4.58. The van der Waals surface area contributed by atoms with Crippen molar-refractivity contribution in [3.05, 3.63) is 36.5 Å². The molecule has 1 amide bonds. The van der Waals surface area contributed by atoms with Gasteiger partial charge in [-0.1, -0.05) is 159 Å². The van der Waals surface area contributed by atoms with Crippen molar-refractivity contribution in [3.8, 4) is 0 Å². The number of nitrogens with one attached hydrogen (secondary N) is 1. The molecule has 3 atom stereocenters. The van der Waals surface area contributed by atoms with Gasteiger partial charge in [0.25, 0.3) is 7.82 Å². The van der Waals surface area contributed by atoms with Crippen LogP contribution in [0.3, 0.4) is 0 Å². The Morgan fingerprint density at radius 1 is 0.673 bits per heavy atom. The molecule has 0 fully saturated rings. The largest absolute Gasteiger partial charge is 0.756 e. The predicted molar refractivity (Wildman–Crippen MR) is 219 cm³/mol. The van der Waals surface area contributed by atoms with Gasteiger partial charge >= 0.3 is 0 Å². The van der Waals surface area contributed by atoms with Crippen molar-refractivity contribution in [2.75, 3.05) is 40.9 Å². The molecule has 306 valence electrons. The van der Waals surface area contributed by atoms with Crippen LogP contribution in [0.25, 0.3) is 0 Å². The molecule has 0 aliphatic rings. The molecule has 8 nitrogen and oxygen atoms in total. The van der Waals surface area contributed by atoms with Gasteiger partial charge in [0.2, 0.25) is 5.91 Å². The first kappa shape index (κ1) is 50.7. The Kier molecular flexibility index (Phi) is 34.6. The number of phosphoric ester groups is 1. The van der Waals surface area contributed by atoms with Crippen molar-refractivity contribution in [3.63, 3.8) is 0 Å². The van der Waals surface area contributed by atoms with E-state index in [2.05, 4.69) is 43.5 Å². The summed E-state index contributed by atoms with van der Waals surface area (Å²) >= 11 is 0. The van der Waals surface area contributed by atoms with Crippen LogP contribution in [0.1, 0.15) is 181 Å². The van der Waals surface area contributed by atoms with E-state index in [9.17, 15) is 19.4 Å². The Bertz CT molecular complexity index is 948. The lowest BCUT2D eigenvalue weighted by molar-refractivity contribution is -0.870. The number of amides is 1.